The lowest BCUT2D eigenvalue weighted by atomic mass is 10.1. The van der Waals surface area contributed by atoms with Crippen molar-refractivity contribution in [1.29, 1.82) is 0 Å². The van der Waals surface area contributed by atoms with Crippen LogP contribution < -0.4 is 5.73 Å². The Balaban J connectivity index is 2.84. The zero-order valence-electron chi connectivity index (χ0n) is 7.36. The minimum atomic E-state index is 0.467. The number of hydrogen-bond donors (Lipinski definition) is 1. The van der Waals surface area contributed by atoms with Crippen LogP contribution in [0, 0.1) is 0 Å². The van der Waals surface area contributed by atoms with Gasteiger partial charge < -0.3 is 5.73 Å². The number of nitrogen functional groups attached to an aromatic ring is 1. The zero-order chi connectivity index (χ0) is 9.26. The lowest BCUT2D eigenvalue weighted by molar-refractivity contribution is 1.11. The van der Waals surface area contributed by atoms with E-state index in [1.165, 1.54) is 6.33 Å². The summed E-state index contributed by atoms with van der Waals surface area (Å²) in [7, 11) is 0. The van der Waals surface area contributed by atoms with Crippen LogP contribution >= 0.6 is 0 Å². The molecule has 0 radical (unpaired) electrons. The highest BCUT2D eigenvalue weighted by Crippen LogP contribution is 2.19. The van der Waals surface area contributed by atoms with Crippen molar-refractivity contribution in [1.82, 2.24) is 15.0 Å². The summed E-state index contributed by atoms with van der Waals surface area (Å²) in [5.74, 6) is 0.467. The maximum absolute atomic E-state index is 5.68. The molecule has 4 nitrogen and oxygen atoms in total. The number of nitrogens with two attached hydrogens (primary N) is 1. The summed E-state index contributed by atoms with van der Waals surface area (Å²) in [6.07, 6.45) is 5.96. The topological polar surface area (TPSA) is 64.7 Å². The lowest BCUT2D eigenvalue weighted by Crippen LogP contribution is -1.97. The second-order valence-electron chi connectivity index (χ2n) is 2.81. The number of aryl methyl sites for hydroxylation is 1. The quantitative estimate of drug-likeness (QED) is 0.704. The van der Waals surface area contributed by atoms with Crippen LogP contribution in [-0.2, 0) is 6.42 Å². The Bertz CT molecular complexity index is 439. The van der Waals surface area contributed by atoms with Crippen molar-refractivity contribution < 1.29 is 0 Å². The van der Waals surface area contributed by atoms with Gasteiger partial charge >= 0.3 is 0 Å². The fourth-order valence-electron chi connectivity index (χ4n) is 1.33. The molecule has 0 aromatic carbocycles. The summed E-state index contributed by atoms with van der Waals surface area (Å²) >= 11 is 0. The van der Waals surface area contributed by atoms with E-state index in [0.717, 1.165) is 22.9 Å². The van der Waals surface area contributed by atoms with Gasteiger partial charge in [0.15, 0.2) is 0 Å². The monoisotopic (exact) mass is 174 g/mol. The second-order valence-corrected chi connectivity index (χ2v) is 2.81. The first-order valence-electron chi connectivity index (χ1n) is 4.16. The fraction of sp³-hybridized carbons (Fsp3) is 0.222. The highest BCUT2D eigenvalue weighted by molar-refractivity contribution is 5.88. The molecule has 2 aromatic rings. The van der Waals surface area contributed by atoms with Crippen LogP contribution in [0.25, 0.3) is 10.9 Å². The van der Waals surface area contributed by atoms with Gasteiger partial charge in [-0.05, 0) is 12.0 Å². The first-order valence-corrected chi connectivity index (χ1v) is 4.16. The maximum atomic E-state index is 5.68. The van der Waals surface area contributed by atoms with Crippen molar-refractivity contribution >= 4 is 16.7 Å². The predicted molar refractivity (Wildman–Crippen MR) is 51.1 cm³/mol. The van der Waals surface area contributed by atoms with Gasteiger partial charge in [0.2, 0.25) is 0 Å². The summed E-state index contributed by atoms with van der Waals surface area (Å²) in [6.45, 7) is 2.07. The Labute approximate surface area is 75.8 Å². The first kappa shape index (κ1) is 7.91. The normalized spacial score (nSPS) is 10.5. The third-order valence-electron chi connectivity index (χ3n) is 2.04. The molecule has 0 aliphatic carbocycles. The molecule has 2 heterocycles. The number of rotatable bonds is 1. The van der Waals surface area contributed by atoms with Crippen molar-refractivity contribution in [3.8, 4) is 0 Å². The molecule has 13 heavy (non-hydrogen) atoms. The van der Waals surface area contributed by atoms with Crippen molar-refractivity contribution in [2.24, 2.45) is 0 Å². The number of anilines is 1. The summed E-state index contributed by atoms with van der Waals surface area (Å²) in [5, 5.41) is 0.998. The van der Waals surface area contributed by atoms with Gasteiger partial charge in [-0.3, -0.25) is 0 Å². The Morgan fingerprint density at radius 2 is 2.15 bits per heavy atom. The average Bonchev–Trinajstić information content (AvgIpc) is 2.19. The Morgan fingerprint density at radius 3 is 2.92 bits per heavy atom. The first-order chi connectivity index (χ1) is 6.33. The predicted octanol–water partition coefficient (Wildman–Crippen LogP) is 1.17. The molecular formula is C9H10N4. The van der Waals surface area contributed by atoms with E-state index >= 15 is 0 Å². The van der Waals surface area contributed by atoms with Crippen molar-refractivity contribution in [3.63, 3.8) is 0 Å². The standard InChI is InChI=1S/C9H10N4/c1-2-6-3-12-9(10)8-7(6)4-11-5-13-8/h3-5H,2H2,1H3,(H2,10,12). The lowest BCUT2D eigenvalue weighted by Gasteiger charge is -2.03. The third-order valence-corrected chi connectivity index (χ3v) is 2.04. The van der Waals surface area contributed by atoms with E-state index in [-0.39, 0.29) is 0 Å². The molecule has 0 amide bonds. The molecule has 2 aromatic heterocycles. The van der Waals surface area contributed by atoms with Crippen LogP contribution in [0.5, 0.6) is 0 Å². The molecule has 0 bridgehead atoms. The third kappa shape index (κ3) is 1.20. The minimum Gasteiger partial charge on any atom is -0.382 e. The number of aromatic nitrogens is 3. The molecule has 0 spiro atoms. The molecule has 4 heteroatoms. The van der Waals surface area contributed by atoms with E-state index in [2.05, 4.69) is 21.9 Å². The zero-order valence-corrected chi connectivity index (χ0v) is 7.36. The summed E-state index contributed by atoms with van der Waals surface area (Å²) in [4.78, 5) is 12.1. The molecule has 2 N–H and O–H groups in total. The largest absolute Gasteiger partial charge is 0.382 e. The SMILES string of the molecule is CCc1cnc(N)c2ncncc12. The van der Waals surface area contributed by atoms with Crippen molar-refractivity contribution in [2.45, 2.75) is 13.3 Å². The van der Waals surface area contributed by atoms with Gasteiger partial charge in [-0.15, -0.1) is 0 Å². The van der Waals surface area contributed by atoms with Gasteiger partial charge in [0.1, 0.15) is 17.7 Å². The van der Waals surface area contributed by atoms with E-state index in [4.69, 9.17) is 5.73 Å². The summed E-state index contributed by atoms with van der Waals surface area (Å²) in [5.41, 5.74) is 7.55. The fourth-order valence-corrected chi connectivity index (χ4v) is 1.33. The van der Waals surface area contributed by atoms with E-state index in [0.29, 0.717) is 5.82 Å². The van der Waals surface area contributed by atoms with Crippen LogP contribution in [-0.4, -0.2) is 15.0 Å². The van der Waals surface area contributed by atoms with Crippen LogP contribution in [0.15, 0.2) is 18.7 Å². The van der Waals surface area contributed by atoms with Gasteiger partial charge in [-0.25, -0.2) is 15.0 Å². The smallest absolute Gasteiger partial charge is 0.150 e. The summed E-state index contributed by atoms with van der Waals surface area (Å²) < 4.78 is 0. The Hall–Kier alpha value is -1.71. The van der Waals surface area contributed by atoms with E-state index in [1.807, 2.05) is 0 Å². The van der Waals surface area contributed by atoms with Crippen LogP contribution in [0.2, 0.25) is 0 Å². The molecule has 0 aliphatic heterocycles. The van der Waals surface area contributed by atoms with Crippen LogP contribution in [0.1, 0.15) is 12.5 Å². The second kappa shape index (κ2) is 2.97. The number of nitrogens with zero attached hydrogens (tertiary/aromatic N) is 3. The molecule has 0 saturated carbocycles. The summed E-state index contributed by atoms with van der Waals surface area (Å²) in [6, 6.07) is 0. The van der Waals surface area contributed by atoms with Gasteiger partial charge in [-0.1, -0.05) is 6.92 Å². The van der Waals surface area contributed by atoms with E-state index < -0.39 is 0 Å². The molecular weight excluding hydrogens is 164 g/mol. The molecule has 2 rings (SSSR count). The number of hydrogen-bond acceptors (Lipinski definition) is 4. The Morgan fingerprint density at radius 1 is 1.31 bits per heavy atom. The number of fused-ring (bicyclic) bond motifs is 1. The minimum absolute atomic E-state index is 0.467. The molecule has 0 unspecified atom stereocenters. The highest BCUT2D eigenvalue weighted by Gasteiger charge is 2.04. The molecule has 0 fully saturated rings. The van der Waals surface area contributed by atoms with Crippen molar-refractivity contribution in [3.05, 3.63) is 24.3 Å². The van der Waals surface area contributed by atoms with E-state index in [9.17, 15) is 0 Å². The number of pyridine rings is 1. The van der Waals surface area contributed by atoms with Crippen LogP contribution in [0.4, 0.5) is 5.82 Å². The Kier molecular flexibility index (Phi) is 1.81. The highest BCUT2D eigenvalue weighted by atomic mass is 14.9. The van der Waals surface area contributed by atoms with Gasteiger partial charge in [0.25, 0.3) is 0 Å². The average molecular weight is 174 g/mol. The molecule has 0 atom stereocenters. The van der Waals surface area contributed by atoms with Gasteiger partial charge in [0.05, 0.1) is 0 Å². The maximum Gasteiger partial charge on any atom is 0.150 e. The molecule has 0 saturated heterocycles. The molecule has 66 valence electrons. The van der Waals surface area contributed by atoms with Gasteiger partial charge in [0, 0.05) is 17.8 Å². The van der Waals surface area contributed by atoms with Crippen LogP contribution in [0.3, 0.4) is 0 Å². The van der Waals surface area contributed by atoms with E-state index in [1.54, 1.807) is 12.4 Å². The molecule has 0 aliphatic rings. The van der Waals surface area contributed by atoms with Crippen molar-refractivity contribution in [2.75, 3.05) is 5.73 Å². The van der Waals surface area contributed by atoms with Gasteiger partial charge in [-0.2, -0.15) is 0 Å².